The van der Waals surface area contributed by atoms with Gasteiger partial charge in [-0.15, -0.1) is 0 Å². The van der Waals surface area contributed by atoms with Crippen LogP contribution in [0.1, 0.15) is 65.2 Å². The Balaban J connectivity index is 1.89. The maximum atomic E-state index is 12.8. The van der Waals surface area contributed by atoms with Gasteiger partial charge in [0.05, 0.1) is 44.0 Å². The number of ether oxygens (including phenoxy) is 5. The topological polar surface area (TPSA) is 313 Å². The standard InChI is InChI=1S/C28H47N4O18P3S4/c1-5-57(54)19-46-22-15-24(48-23(22)17-47-52(39,40)50-53(41,42)49-51(36,37)38)32-16-21(25(29)31-26(32)34)9-8-11-30-27(35)45-13-7-6-12-43-18-55-56-28(3,4)10-14-44-20(2)33/h16,22-24H,5-7,10-15,17-19H2,1-4H3,(H,30,35)(H,39,40)(H,41,42)(H2,29,31,34)(H2,36,37,38)/t22?,23-,24-,57?/m1/s1. The highest BCUT2D eigenvalue weighted by Crippen LogP contribution is 2.66. The Morgan fingerprint density at radius 2 is 1.84 bits per heavy atom. The zero-order valence-corrected chi connectivity index (χ0v) is 37.2. The zero-order chi connectivity index (χ0) is 42.9. The number of nitrogens with zero attached hydrogens (tertiary/aromatic N) is 2. The minimum absolute atomic E-state index is 0.0465. The lowest BCUT2D eigenvalue weighted by Gasteiger charge is -2.22. The quantitative estimate of drug-likeness (QED) is 0.0205. The number of hydrogen-bond donors (Lipinski definition) is 6. The van der Waals surface area contributed by atoms with E-state index in [9.17, 15) is 37.9 Å². The van der Waals surface area contributed by atoms with Crippen LogP contribution in [0, 0.1) is 11.8 Å². The summed E-state index contributed by atoms with van der Waals surface area (Å²) in [6.45, 7) is 7.33. The van der Waals surface area contributed by atoms with Gasteiger partial charge in [-0.05, 0) is 50.1 Å². The summed E-state index contributed by atoms with van der Waals surface area (Å²) in [6.07, 6.45) is -0.809. The summed E-state index contributed by atoms with van der Waals surface area (Å²) >= 11 is 5.30. The number of esters is 1. The summed E-state index contributed by atoms with van der Waals surface area (Å²) in [6, 6.07) is 0. The van der Waals surface area contributed by atoms with Gasteiger partial charge in [0, 0.05) is 30.9 Å². The number of phosphoric ester groups is 1. The number of anilines is 1. The summed E-state index contributed by atoms with van der Waals surface area (Å²) in [4.78, 5) is 76.4. The van der Waals surface area contributed by atoms with Gasteiger partial charge in [0.1, 0.15) is 24.1 Å². The third-order valence-electron chi connectivity index (χ3n) is 6.91. The molecule has 1 aromatic rings. The van der Waals surface area contributed by atoms with Crippen molar-refractivity contribution < 1.29 is 79.7 Å². The zero-order valence-electron chi connectivity index (χ0n) is 31.2. The molecule has 0 bridgehead atoms. The highest BCUT2D eigenvalue weighted by atomic mass is 33.1. The van der Waals surface area contributed by atoms with Crippen LogP contribution in [0.5, 0.6) is 0 Å². The Bertz CT molecular complexity index is 1790. The van der Waals surface area contributed by atoms with E-state index in [0.29, 0.717) is 44.2 Å². The lowest BCUT2D eigenvalue weighted by molar-refractivity contribution is -0.141. The van der Waals surface area contributed by atoms with Crippen molar-refractivity contribution in [1.82, 2.24) is 14.9 Å². The summed E-state index contributed by atoms with van der Waals surface area (Å²) in [5, 5.41) is 2.47. The van der Waals surface area contributed by atoms with Crippen molar-refractivity contribution in [2.24, 2.45) is 0 Å². The maximum Gasteiger partial charge on any atom is 0.490 e. The van der Waals surface area contributed by atoms with E-state index in [1.807, 2.05) is 6.92 Å². The van der Waals surface area contributed by atoms with Gasteiger partial charge in [-0.2, -0.15) is 13.6 Å². The molecule has 2 heterocycles. The fraction of sp³-hybridized carbons (Fsp3) is 0.714. The molecule has 2 rings (SSSR count). The lowest BCUT2D eigenvalue weighted by Crippen LogP contribution is -2.30. The summed E-state index contributed by atoms with van der Waals surface area (Å²) in [7, 11) is -14.3. The van der Waals surface area contributed by atoms with Crippen LogP contribution in [0.15, 0.2) is 11.0 Å². The monoisotopic (exact) mass is 948 g/mol. The predicted octanol–water partition coefficient (Wildman–Crippen LogP) is 2.84. The van der Waals surface area contributed by atoms with Crippen LogP contribution in [0.4, 0.5) is 10.6 Å². The van der Waals surface area contributed by atoms with E-state index in [2.05, 4.69) is 44.6 Å². The Labute approximate surface area is 343 Å². The van der Waals surface area contributed by atoms with E-state index in [4.69, 9.17) is 54.9 Å². The molecule has 22 nitrogen and oxygen atoms in total. The van der Waals surface area contributed by atoms with E-state index < -0.39 is 69.7 Å². The molecule has 4 unspecified atom stereocenters. The van der Waals surface area contributed by atoms with E-state index in [1.54, 1.807) is 21.6 Å². The Morgan fingerprint density at radius 1 is 1.14 bits per heavy atom. The Hall–Kier alpha value is -1.46. The van der Waals surface area contributed by atoms with E-state index in [-0.39, 0.29) is 47.6 Å². The third-order valence-corrected chi connectivity index (χ3v) is 15.8. The molecule has 57 heavy (non-hydrogen) atoms. The molecule has 1 aliphatic heterocycles. The van der Waals surface area contributed by atoms with Gasteiger partial charge in [-0.25, -0.2) is 23.3 Å². The minimum atomic E-state index is -5.76. The number of rotatable bonds is 25. The molecule has 0 aromatic carbocycles. The number of hydrogen-bond acceptors (Lipinski definition) is 19. The van der Waals surface area contributed by atoms with Crippen LogP contribution in [-0.2, 0) is 76.0 Å². The van der Waals surface area contributed by atoms with Crippen molar-refractivity contribution in [2.75, 3.05) is 56.3 Å². The molecule has 326 valence electrons. The number of carbonyl (C=O) groups is 2. The molecule has 1 amide bonds. The van der Waals surface area contributed by atoms with Crippen LogP contribution < -0.4 is 16.7 Å². The van der Waals surface area contributed by atoms with E-state index in [1.165, 1.54) is 13.1 Å². The second-order valence-corrected chi connectivity index (χ2v) is 22.6. The molecule has 7 N–H and O–H groups in total. The first-order valence-corrected chi connectivity index (χ1v) is 26.0. The SMILES string of the molecule is CCS(=S)COC1C[C@H](n2cc(C#CCNC(=O)OCCCCOCSSC(C)(C)CCOC(C)=O)c(N)nc2=O)O[C@@H]1COP(=O)(O)OP(=O)(O)OP(=O)(O)O. The number of unbranched alkanes of at least 4 members (excludes halogenated alkanes) is 1. The average molecular weight is 949 g/mol. The van der Waals surface area contributed by atoms with Crippen molar-refractivity contribution >= 4 is 83.6 Å². The fourth-order valence-corrected chi connectivity index (χ4v) is 10.2. The number of amides is 1. The van der Waals surface area contributed by atoms with Gasteiger partial charge >= 0.3 is 41.2 Å². The number of carbonyl (C=O) groups excluding carboxylic acids is 2. The molecule has 0 radical (unpaired) electrons. The molecular weight excluding hydrogens is 902 g/mol. The molecular formula is C28H47N4O18P3S4. The van der Waals surface area contributed by atoms with Crippen LogP contribution in [0.3, 0.4) is 0 Å². The summed E-state index contributed by atoms with van der Waals surface area (Å²) in [5.74, 6) is 5.98. The van der Waals surface area contributed by atoms with Gasteiger partial charge < -0.3 is 54.3 Å². The Morgan fingerprint density at radius 3 is 2.51 bits per heavy atom. The van der Waals surface area contributed by atoms with Gasteiger partial charge in [0.2, 0.25) is 0 Å². The normalized spacial score (nSPS) is 19.8. The summed E-state index contributed by atoms with van der Waals surface area (Å²) in [5.41, 5.74) is 5.14. The molecule has 1 saturated heterocycles. The molecule has 0 aliphatic carbocycles. The van der Waals surface area contributed by atoms with Crippen molar-refractivity contribution in [2.45, 2.75) is 76.6 Å². The molecule has 6 atom stereocenters. The number of nitrogen functional groups attached to an aromatic ring is 1. The van der Waals surface area contributed by atoms with Crippen LogP contribution in [-0.4, -0.2) is 109 Å². The fourth-order valence-electron chi connectivity index (χ4n) is 4.23. The molecule has 0 spiro atoms. The average Bonchev–Trinajstić information content (AvgIpc) is 3.49. The van der Waals surface area contributed by atoms with Gasteiger partial charge in [0.15, 0.2) is 0 Å². The number of aromatic nitrogens is 2. The molecule has 29 heteroatoms. The van der Waals surface area contributed by atoms with Crippen LogP contribution >= 0.6 is 45.1 Å². The van der Waals surface area contributed by atoms with Crippen molar-refractivity contribution in [3.05, 3.63) is 22.2 Å². The number of nitrogens with one attached hydrogen (secondary N) is 1. The largest absolute Gasteiger partial charge is 0.490 e. The van der Waals surface area contributed by atoms with Crippen molar-refractivity contribution in [1.29, 1.82) is 0 Å². The second kappa shape index (κ2) is 24.7. The minimum Gasteiger partial charge on any atom is -0.466 e. The first kappa shape index (κ1) is 51.7. The third kappa shape index (κ3) is 22.1. The van der Waals surface area contributed by atoms with Gasteiger partial charge in [-0.1, -0.05) is 49.8 Å². The molecule has 1 fully saturated rings. The molecule has 1 aliphatic rings. The number of phosphoric acid groups is 3. The van der Waals surface area contributed by atoms with Gasteiger partial charge in [-0.3, -0.25) is 13.9 Å². The van der Waals surface area contributed by atoms with E-state index >= 15 is 0 Å². The number of nitrogens with two attached hydrogens (primary N) is 1. The highest BCUT2D eigenvalue weighted by Gasteiger charge is 2.43. The van der Waals surface area contributed by atoms with Crippen LogP contribution in [0.2, 0.25) is 0 Å². The summed E-state index contributed by atoms with van der Waals surface area (Å²) < 4.78 is 75.5. The lowest BCUT2D eigenvalue weighted by atomic mass is 10.1. The smallest absolute Gasteiger partial charge is 0.466 e. The predicted molar refractivity (Wildman–Crippen MR) is 213 cm³/mol. The van der Waals surface area contributed by atoms with Crippen LogP contribution in [0.25, 0.3) is 0 Å². The first-order chi connectivity index (χ1) is 26.5. The first-order valence-electron chi connectivity index (χ1n) is 16.7. The second-order valence-electron chi connectivity index (χ2n) is 12.1. The Kier molecular flexibility index (Phi) is 22.4. The highest BCUT2D eigenvalue weighted by molar-refractivity contribution is 8.77. The molecule has 1 aromatic heterocycles. The maximum absolute atomic E-state index is 12.8. The van der Waals surface area contributed by atoms with Crippen molar-refractivity contribution in [3.8, 4) is 11.8 Å². The van der Waals surface area contributed by atoms with Crippen molar-refractivity contribution in [3.63, 3.8) is 0 Å². The van der Waals surface area contributed by atoms with Gasteiger partial charge in [0.25, 0.3) is 0 Å². The number of alkyl carbamates (subject to hydrolysis) is 1. The molecule has 0 saturated carbocycles. The van der Waals surface area contributed by atoms with E-state index in [0.717, 1.165) is 4.57 Å².